The number of benzene rings is 3. The highest BCUT2D eigenvalue weighted by Crippen LogP contribution is 2.30. The molecule has 0 aromatic heterocycles. The molecule has 3 aromatic rings. The summed E-state index contributed by atoms with van der Waals surface area (Å²) in [7, 11) is 0. The maximum atomic E-state index is 13.4. The molecular weight excluding hydrogens is 510 g/mol. The predicted octanol–water partition coefficient (Wildman–Crippen LogP) is 6.18. The maximum Gasteiger partial charge on any atom is 0.258 e. The minimum Gasteiger partial charge on any atom is -0.484 e. The van der Waals surface area contributed by atoms with Crippen LogP contribution in [0.25, 0.3) is 0 Å². The molecule has 0 atom stereocenters. The van der Waals surface area contributed by atoms with Crippen LogP contribution in [0.1, 0.15) is 42.7 Å². The molecule has 3 aromatic carbocycles. The lowest BCUT2D eigenvalue weighted by molar-refractivity contribution is -0.123. The second kappa shape index (κ2) is 15.5. The third-order valence-electron chi connectivity index (χ3n) is 5.88. The Hall–Kier alpha value is -3.71. The maximum absolute atomic E-state index is 13.4. The molecule has 2 N–H and O–H groups in total. The van der Waals surface area contributed by atoms with E-state index in [-0.39, 0.29) is 36.0 Å². The molecule has 0 aliphatic rings. The van der Waals surface area contributed by atoms with Crippen molar-refractivity contribution in [2.75, 3.05) is 19.7 Å². The van der Waals surface area contributed by atoms with E-state index in [1.807, 2.05) is 0 Å². The first-order valence-electron chi connectivity index (χ1n) is 12.5. The third-order valence-corrected chi connectivity index (χ3v) is 6.13. The van der Waals surface area contributed by atoms with Crippen LogP contribution in [0.4, 0.5) is 8.78 Å². The Morgan fingerprint density at radius 1 is 0.763 bits per heavy atom. The van der Waals surface area contributed by atoms with Crippen molar-refractivity contribution in [2.45, 2.75) is 31.6 Å². The Bertz CT molecular complexity index is 1140. The summed E-state index contributed by atoms with van der Waals surface area (Å²) in [5.41, 5.74) is 1.91. The van der Waals surface area contributed by atoms with Crippen LogP contribution in [-0.2, 0) is 9.59 Å². The molecule has 8 heteroatoms. The highest BCUT2D eigenvalue weighted by Gasteiger charge is 2.15. The molecular formula is C30H31ClF2N2O3. The summed E-state index contributed by atoms with van der Waals surface area (Å²) in [6.07, 6.45) is 6.15. The van der Waals surface area contributed by atoms with Crippen molar-refractivity contribution in [3.63, 3.8) is 0 Å². The van der Waals surface area contributed by atoms with Crippen LogP contribution in [0.2, 0.25) is 5.02 Å². The van der Waals surface area contributed by atoms with Gasteiger partial charge in [-0.2, -0.15) is 0 Å². The van der Waals surface area contributed by atoms with Gasteiger partial charge in [0.25, 0.3) is 5.91 Å². The van der Waals surface area contributed by atoms with E-state index >= 15 is 0 Å². The van der Waals surface area contributed by atoms with Crippen molar-refractivity contribution in [3.05, 3.63) is 113 Å². The van der Waals surface area contributed by atoms with Crippen molar-refractivity contribution in [1.82, 2.24) is 10.6 Å². The first-order chi connectivity index (χ1) is 18.4. The first kappa shape index (κ1) is 28.9. The van der Waals surface area contributed by atoms with Gasteiger partial charge in [-0.3, -0.25) is 9.59 Å². The summed E-state index contributed by atoms with van der Waals surface area (Å²) in [6.45, 7) is 0.589. The smallest absolute Gasteiger partial charge is 0.258 e. The fourth-order valence-corrected chi connectivity index (χ4v) is 4.01. The van der Waals surface area contributed by atoms with E-state index in [0.717, 1.165) is 24.0 Å². The summed E-state index contributed by atoms with van der Waals surface area (Å²) in [5.74, 6) is -0.368. The number of hydrogen-bond donors (Lipinski definition) is 2. The van der Waals surface area contributed by atoms with Gasteiger partial charge in [0.15, 0.2) is 6.61 Å². The van der Waals surface area contributed by atoms with E-state index in [0.29, 0.717) is 36.7 Å². The summed E-state index contributed by atoms with van der Waals surface area (Å²) in [5, 5.41) is 6.13. The monoisotopic (exact) mass is 540 g/mol. The molecule has 38 heavy (non-hydrogen) atoms. The van der Waals surface area contributed by atoms with Crippen molar-refractivity contribution >= 4 is 23.4 Å². The average molecular weight is 541 g/mol. The molecule has 200 valence electrons. The summed E-state index contributed by atoms with van der Waals surface area (Å²) >= 11 is 5.81. The quantitative estimate of drug-likeness (QED) is 0.189. The molecule has 0 radical (unpaired) electrons. The molecule has 0 unspecified atom stereocenters. The summed E-state index contributed by atoms with van der Waals surface area (Å²) in [4.78, 5) is 24.0. The van der Waals surface area contributed by atoms with Crippen molar-refractivity contribution in [1.29, 1.82) is 0 Å². The lowest BCUT2D eigenvalue weighted by Gasteiger charge is -2.18. The van der Waals surface area contributed by atoms with Crippen molar-refractivity contribution < 1.29 is 23.1 Å². The molecule has 0 aliphatic carbocycles. The molecule has 3 rings (SSSR count). The molecule has 0 saturated heterocycles. The lowest BCUT2D eigenvalue weighted by atomic mass is 9.87. The number of nitrogens with one attached hydrogen (secondary N) is 2. The topological polar surface area (TPSA) is 67.4 Å². The van der Waals surface area contributed by atoms with Crippen LogP contribution in [0.3, 0.4) is 0 Å². The molecule has 0 fully saturated rings. The van der Waals surface area contributed by atoms with Crippen LogP contribution < -0.4 is 15.4 Å². The second-order valence-electron chi connectivity index (χ2n) is 8.72. The highest BCUT2D eigenvalue weighted by molar-refractivity contribution is 6.30. The van der Waals surface area contributed by atoms with Crippen LogP contribution in [0.5, 0.6) is 5.75 Å². The molecule has 0 spiro atoms. The number of unbranched alkanes of at least 4 members (excludes halogenated alkanes) is 1. The highest BCUT2D eigenvalue weighted by atomic mass is 35.5. The van der Waals surface area contributed by atoms with Gasteiger partial charge in [0.05, 0.1) is 0 Å². The van der Waals surface area contributed by atoms with Crippen LogP contribution in [0.15, 0.2) is 84.9 Å². The van der Waals surface area contributed by atoms with Gasteiger partial charge in [0, 0.05) is 30.5 Å². The van der Waals surface area contributed by atoms with E-state index in [4.69, 9.17) is 16.3 Å². The fourth-order valence-electron chi connectivity index (χ4n) is 3.88. The first-order valence-corrected chi connectivity index (χ1v) is 12.9. The second-order valence-corrected chi connectivity index (χ2v) is 9.16. The molecule has 0 saturated carbocycles. The molecule has 0 bridgehead atoms. The van der Waals surface area contributed by atoms with Gasteiger partial charge >= 0.3 is 0 Å². The van der Waals surface area contributed by atoms with Crippen LogP contribution >= 0.6 is 11.6 Å². The lowest BCUT2D eigenvalue weighted by Crippen LogP contribution is -2.29. The van der Waals surface area contributed by atoms with Gasteiger partial charge in [-0.05, 0) is 72.5 Å². The molecule has 0 aliphatic heterocycles. The molecule has 0 heterocycles. The number of ether oxygens (including phenoxy) is 1. The number of carbonyl (C=O) groups excluding carboxylic acids is 2. The van der Waals surface area contributed by atoms with Crippen molar-refractivity contribution in [2.24, 2.45) is 0 Å². The average Bonchev–Trinajstić information content (AvgIpc) is 2.92. The van der Waals surface area contributed by atoms with Crippen LogP contribution in [0, 0.1) is 11.6 Å². The minimum atomic E-state index is -0.303. The number of amides is 2. The Labute approximate surface area is 226 Å². The Kier molecular flexibility index (Phi) is 11.8. The molecule has 5 nitrogen and oxygen atoms in total. The van der Waals surface area contributed by atoms with Gasteiger partial charge in [-0.25, -0.2) is 8.78 Å². The zero-order chi connectivity index (χ0) is 27.2. The number of halogens is 3. The number of hydrogen-bond acceptors (Lipinski definition) is 3. The van der Waals surface area contributed by atoms with E-state index in [1.54, 1.807) is 60.7 Å². The zero-order valence-electron chi connectivity index (χ0n) is 21.0. The molecule has 2 amide bonds. The van der Waals surface area contributed by atoms with E-state index in [9.17, 15) is 18.4 Å². The van der Waals surface area contributed by atoms with Gasteiger partial charge in [-0.15, -0.1) is 0 Å². The number of carbonyl (C=O) groups is 2. The summed E-state index contributed by atoms with van der Waals surface area (Å²) < 4.78 is 32.1. The number of rotatable bonds is 14. The predicted molar refractivity (Wildman–Crippen MR) is 145 cm³/mol. The van der Waals surface area contributed by atoms with Gasteiger partial charge in [-0.1, -0.05) is 54.4 Å². The minimum absolute atomic E-state index is 0.00556. The standard InChI is InChI=1S/C30H31ClF2N2O3/c31-24-11-17-27(18-12-24)38-21-30(37)35-20-4-3-19-34-29(36)6-2-1-5-28(22-7-13-25(32)14-8-22)23-9-15-26(33)16-10-23/h3-4,7-18,28H,1-2,5-6,19-21H2,(H,34,36)(H,35,37)/b4-3+. The third kappa shape index (κ3) is 10.3. The van der Waals surface area contributed by atoms with E-state index in [2.05, 4.69) is 10.6 Å². The fraction of sp³-hybridized carbons (Fsp3) is 0.267. The van der Waals surface area contributed by atoms with Gasteiger partial charge < -0.3 is 15.4 Å². The van der Waals surface area contributed by atoms with Gasteiger partial charge in [0.2, 0.25) is 5.91 Å². The Balaban J connectivity index is 1.31. The summed E-state index contributed by atoms with van der Waals surface area (Å²) in [6, 6.07) is 19.4. The van der Waals surface area contributed by atoms with Crippen LogP contribution in [-0.4, -0.2) is 31.5 Å². The zero-order valence-corrected chi connectivity index (χ0v) is 21.7. The Morgan fingerprint density at radius 2 is 1.29 bits per heavy atom. The van der Waals surface area contributed by atoms with E-state index < -0.39 is 0 Å². The van der Waals surface area contributed by atoms with E-state index in [1.165, 1.54) is 24.3 Å². The Morgan fingerprint density at radius 3 is 1.84 bits per heavy atom. The SMILES string of the molecule is O=C(CCCCC(c1ccc(F)cc1)c1ccc(F)cc1)NC/C=C/CNC(=O)COc1ccc(Cl)cc1. The van der Waals surface area contributed by atoms with Crippen molar-refractivity contribution in [3.8, 4) is 5.75 Å². The largest absolute Gasteiger partial charge is 0.484 e. The van der Waals surface area contributed by atoms with Gasteiger partial charge in [0.1, 0.15) is 17.4 Å². The normalized spacial score (nSPS) is 11.1.